The Morgan fingerprint density at radius 3 is 2.77 bits per heavy atom. The number of guanidine groups is 1. The van der Waals surface area contributed by atoms with E-state index in [-0.39, 0.29) is 29.8 Å². The van der Waals surface area contributed by atoms with E-state index in [1.165, 1.54) is 11.1 Å². The number of aliphatic imine (C=N–C) groups is 1. The van der Waals surface area contributed by atoms with Crippen LogP contribution in [0.2, 0.25) is 0 Å². The Hall–Kier alpha value is -2.62. The minimum absolute atomic E-state index is 0. The first-order chi connectivity index (χ1) is 14.6. The molecule has 4 rings (SSSR count). The quantitative estimate of drug-likeness (QED) is 0.287. The van der Waals surface area contributed by atoms with Gasteiger partial charge in [-0.1, -0.05) is 18.2 Å². The molecule has 1 aromatic heterocycles. The summed E-state index contributed by atoms with van der Waals surface area (Å²) in [5.41, 5.74) is 3.90. The topological polar surface area (TPSA) is 63.5 Å². The lowest BCUT2D eigenvalue weighted by molar-refractivity contribution is 0.357. The highest BCUT2D eigenvalue weighted by Gasteiger charge is 2.12. The van der Waals surface area contributed by atoms with Gasteiger partial charge in [0.1, 0.15) is 17.4 Å². The summed E-state index contributed by atoms with van der Waals surface area (Å²) < 4.78 is 21.8. The summed E-state index contributed by atoms with van der Waals surface area (Å²) in [6.07, 6.45) is 5.29. The third kappa shape index (κ3) is 5.55. The molecule has 0 saturated heterocycles. The average Bonchev–Trinajstić information content (AvgIpc) is 3.39. The molecule has 3 aromatic rings. The SMILES string of the molecule is CN=C(NCCc1ccc2c(c1)CCO2)NCc1ccc(-n2ccnc2C)c(F)c1.I. The fourth-order valence-electron chi connectivity index (χ4n) is 3.62. The van der Waals surface area contributed by atoms with Crippen molar-refractivity contribution in [2.75, 3.05) is 20.2 Å². The zero-order valence-electron chi connectivity index (χ0n) is 17.7. The third-order valence-corrected chi connectivity index (χ3v) is 5.24. The molecule has 8 heteroatoms. The molecule has 0 fully saturated rings. The van der Waals surface area contributed by atoms with E-state index in [2.05, 4.69) is 32.7 Å². The zero-order valence-corrected chi connectivity index (χ0v) is 20.0. The van der Waals surface area contributed by atoms with Gasteiger partial charge in [-0.2, -0.15) is 0 Å². The average molecular weight is 535 g/mol. The number of imidazole rings is 1. The number of nitrogens with zero attached hydrogens (tertiary/aromatic N) is 3. The number of rotatable bonds is 6. The van der Waals surface area contributed by atoms with E-state index in [9.17, 15) is 4.39 Å². The summed E-state index contributed by atoms with van der Waals surface area (Å²) >= 11 is 0. The summed E-state index contributed by atoms with van der Waals surface area (Å²) in [6, 6.07) is 11.6. The molecule has 31 heavy (non-hydrogen) atoms. The molecular formula is C23H27FIN5O. The molecule has 0 radical (unpaired) electrons. The zero-order chi connectivity index (χ0) is 20.9. The maximum absolute atomic E-state index is 14.6. The van der Waals surface area contributed by atoms with Crippen LogP contribution in [0.4, 0.5) is 4.39 Å². The normalized spacial score (nSPS) is 12.7. The first-order valence-electron chi connectivity index (χ1n) is 10.1. The van der Waals surface area contributed by atoms with E-state index >= 15 is 0 Å². The minimum Gasteiger partial charge on any atom is -0.493 e. The molecule has 0 atom stereocenters. The number of hydrogen-bond acceptors (Lipinski definition) is 3. The lowest BCUT2D eigenvalue weighted by Crippen LogP contribution is -2.37. The summed E-state index contributed by atoms with van der Waals surface area (Å²) in [4.78, 5) is 8.40. The molecule has 0 bridgehead atoms. The van der Waals surface area contributed by atoms with Crippen LogP contribution in [0.15, 0.2) is 53.8 Å². The Morgan fingerprint density at radius 2 is 2.03 bits per heavy atom. The van der Waals surface area contributed by atoms with Crippen molar-refractivity contribution in [2.45, 2.75) is 26.3 Å². The standard InChI is InChI=1S/C23H26FN5O.HI/c1-16-26-10-11-29(16)21-5-3-18(14-20(21)24)15-28-23(25-2)27-9-7-17-4-6-22-19(13-17)8-12-30-22;/h3-6,10-11,13-14H,7-9,12,15H2,1-2H3,(H2,25,27,28);1H. The van der Waals surface area contributed by atoms with E-state index in [0.717, 1.165) is 43.1 Å². The molecule has 1 aliphatic rings. The monoisotopic (exact) mass is 535 g/mol. The molecule has 2 N–H and O–H groups in total. The van der Waals surface area contributed by atoms with Crippen molar-refractivity contribution in [1.29, 1.82) is 0 Å². The highest BCUT2D eigenvalue weighted by atomic mass is 127. The molecular weight excluding hydrogens is 508 g/mol. The van der Waals surface area contributed by atoms with Crippen molar-refractivity contribution in [1.82, 2.24) is 20.2 Å². The molecule has 6 nitrogen and oxygen atoms in total. The van der Waals surface area contributed by atoms with E-state index in [4.69, 9.17) is 4.74 Å². The van der Waals surface area contributed by atoms with Crippen LogP contribution >= 0.6 is 24.0 Å². The third-order valence-electron chi connectivity index (χ3n) is 5.24. The van der Waals surface area contributed by atoms with Crippen LogP contribution < -0.4 is 15.4 Å². The largest absolute Gasteiger partial charge is 0.493 e. The number of nitrogens with one attached hydrogen (secondary N) is 2. The van der Waals surface area contributed by atoms with Crippen molar-refractivity contribution < 1.29 is 9.13 Å². The van der Waals surface area contributed by atoms with Crippen LogP contribution in [0, 0.1) is 12.7 Å². The van der Waals surface area contributed by atoms with E-state index in [0.29, 0.717) is 18.2 Å². The predicted octanol–water partition coefficient (Wildman–Crippen LogP) is 3.78. The van der Waals surface area contributed by atoms with Crippen LogP contribution in [0.5, 0.6) is 5.75 Å². The molecule has 1 aliphatic heterocycles. The van der Waals surface area contributed by atoms with Crippen LogP contribution in [-0.2, 0) is 19.4 Å². The summed E-state index contributed by atoms with van der Waals surface area (Å²) in [7, 11) is 1.73. The van der Waals surface area contributed by atoms with Gasteiger partial charge in [0.25, 0.3) is 0 Å². The molecule has 2 aromatic carbocycles. The lowest BCUT2D eigenvalue weighted by atomic mass is 10.1. The summed E-state index contributed by atoms with van der Waals surface area (Å²) in [5.74, 6) is 2.17. The van der Waals surface area contributed by atoms with Gasteiger partial charge in [0.05, 0.1) is 12.3 Å². The summed E-state index contributed by atoms with van der Waals surface area (Å²) in [6.45, 7) is 3.86. The first-order valence-corrected chi connectivity index (χ1v) is 10.1. The molecule has 0 aliphatic carbocycles. The maximum atomic E-state index is 14.6. The van der Waals surface area contributed by atoms with Gasteiger partial charge in [-0.15, -0.1) is 24.0 Å². The van der Waals surface area contributed by atoms with Gasteiger partial charge >= 0.3 is 0 Å². The van der Waals surface area contributed by atoms with Crippen molar-refractivity contribution in [3.63, 3.8) is 0 Å². The van der Waals surface area contributed by atoms with Crippen molar-refractivity contribution >= 4 is 29.9 Å². The molecule has 2 heterocycles. The van der Waals surface area contributed by atoms with Gasteiger partial charge in [0, 0.05) is 39.0 Å². The molecule has 164 valence electrons. The smallest absolute Gasteiger partial charge is 0.191 e. The number of fused-ring (bicyclic) bond motifs is 1. The van der Waals surface area contributed by atoms with Gasteiger partial charge in [-0.05, 0) is 48.2 Å². The predicted molar refractivity (Wildman–Crippen MR) is 131 cm³/mol. The Labute approximate surface area is 199 Å². The number of halogens is 2. The lowest BCUT2D eigenvalue weighted by Gasteiger charge is -2.13. The number of aryl methyl sites for hydroxylation is 1. The van der Waals surface area contributed by atoms with Crippen LogP contribution in [-0.4, -0.2) is 35.7 Å². The summed E-state index contributed by atoms with van der Waals surface area (Å²) in [5, 5.41) is 6.55. The molecule has 0 amide bonds. The van der Waals surface area contributed by atoms with E-state index in [1.54, 1.807) is 36.1 Å². The van der Waals surface area contributed by atoms with Crippen molar-refractivity contribution in [2.24, 2.45) is 4.99 Å². The highest BCUT2D eigenvalue weighted by molar-refractivity contribution is 14.0. The van der Waals surface area contributed by atoms with Gasteiger partial charge in [0.2, 0.25) is 0 Å². The molecule has 0 spiro atoms. The molecule has 0 unspecified atom stereocenters. The Bertz CT molecular complexity index is 1070. The van der Waals surface area contributed by atoms with Gasteiger partial charge in [-0.3, -0.25) is 4.99 Å². The Balaban J connectivity index is 0.00000272. The minimum atomic E-state index is -0.279. The second kappa shape index (κ2) is 10.6. The Kier molecular flexibility index (Phi) is 7.89. The number of hydrogen-bond donors (Lipinski definition) is 2. The second-order valence-electron chi connectivity index (χ2n) is 7.27. The van der Waals surface area contributed by atoms with Crippen molar-refractivity contribution in [3.8, 4) is 11.4 Å². The van der Waals surface area contributed by atoms with E-state index < -0.39 is 0 Å². The van der Waals surface area contributed by atoms with Crippen LogP contribution in [0.25, 0.3) is 5.69 Å². The van der Waals surface area contributed by atoms with Crippen LogP contribution in [0.1, 0.15) is 22.5 Å². The van der Waals surface area contributed by atoms with Gasteiger partial charge in [0.15, 0.2) is 5.96 Å². The Morgan fingerprint density at radius 1 is 1.19 bits per heavy atom. The number of aromatic nitrogens is 2. The highest BCUT2D eigenvalue weighted by Crippen LogP contribution is 2.25. The van der Waals surface area contributed by atoms with Crippen molar-refractivity contribution in [3.05, 3.63) is 77.1 Å². The maximum Gasteiger partial charge on any atom is 0.191 e. The van der Waals surface area contributed by atoms with E-state index in [1.807, 2.05) is 19.1 Å². The number of benzene rings is 2. The molecule has 0 saturated carbocycles. The number of ether oxygens (including phenoxy) is 1. The van der Waals surface area contributed by atoms with Gasteiger partial charge < -0.3 is 19.9 Å². The fourth-order valence-corrected chi connectivity index (χ4v) is 3.62. The second-order valence-corrected chi connectivity index (χ2v) is 7.27. The first kappa shape index (κ1) is 23.1. The van der Waals surface area contributed by atoms with Gasteiger partial charge in [-0.25, -0.2) is 9.37 Å². The van der Waals surface area contributed by atoms with Crippen LogP contribution in [0.3, 0.4) is 0 Å². The fraction of sp³-hybridized carbons (Fsp3) is 0.304.